The molecular formula is C17H31N3O. The molecule has 2 rings (SSSR count). The Bertz CT molecular complexity index is 354. The average molecular weight is 293 g/mol. The van der Waals surface area contributed by atoms with Crippen molar-refractivity contribution in [1.29, 1.82) is 5.26 Å². The third-order valence-corrected chi connectivity index (χ3v) is 5.28. The lowest BCUT2D eigenvalue weighted by Gasteiger charge is -2.31. The van der Waals surface area contributed by atoms with Crippen LogP contribution in [0.1, 0.15) is 45.4 Å². The van der Waals surface area contributed by atoms with Crippen LogP contribution in [0.5, 0.6) is 0 Å². The highest BCUT2D eigenvalue weighted by Crippen LogP contribution is 2.38. The molecule has 2 aliphatic rings. The number of rotatable bonds is 8. The number of methoxy groups -OCH3 is 1. The summed E-state index contributed by atoms with van der Waals surface area (Å²) in [4.78, 5) is 2.56. The molecule has 0 amide bonds. The average Bonchev–Trinajstić information content (AvgIpc) is 3.10. The fourth-order valence-electron chi connectivity index (χ4n) is 4.06. The van der Waals surface area contributed by atoms with Gasteiger partial charge in [-0.05, 0) is 63.6 Å². The van der Waals surface area contributed by atoms with Gasteiger partial charge in [0.2, 0.25) is 0 Å². The minimum absolute atomic E-state index is 0.248. The van der Waals surface area contributed by atoms with Gasteiger partial charge in [0, 0.05) is 13.7 Å². The van der Waals surface area contributed by atoms with Gasteiger partial charge >= 0.3 is 0 Å². The largest absolute Gasteiger partial charge is 0.384 e. The highest BCUT2D eigenvalue weighted by molar-refractivity contribution is 5.14. The smallest absolute Gasteiger partial charge is 0.109 e. The third-order valence-electron chi connectivity index (χ3n) is 5.28. The molecule has 1 saturated carbocycles. The Morgan fingerprint density at radius 2 is 2.29 bits per heavy atom. The van der Waals surface area contributed by atoms with Crippen LogP contribution in [-0.4, -0.2) is 50.3 Å². The van der Waals surface area contributed by atoms with Crippen LogP contribution in [0.15, 0.2) is 0 Å². The van der Waals surface area contributed by atoms with Crippen molar-refractivity contribution in [2.45, 2.75) is 51.0 Å². The number of ether oxygens (including phenoxy) is 1. The summed E-state index contributed by atoms with van der Waals surface area (Å²) in [5.41, 5.74) is -0.248. The Morgan fingerprint density at radius 3 is 3.00 bits per heavy atom. The second-order valence-electron chi connectivity index (χ2n) is 6.80. The molecule has 0 aromatic heterocycles. The Hall–Kier alpha value is -0.630. The molecule has 0 aromatic rings. The van der Waals surface area contributed by atoms with Crippen molar-refractivity contribution >= 4 is 0 Å². The molecule has 1 N–H and O–H groups in total. The van der Waals surface area contributed by atoms with Crippen LogP contribution in [0, 0.1) is 23.2 Å². The summed E-state index contributed by atoms with van der Waals surface area (Å²) in [7, 11) is 1.79. The standard InChI is InChI=1S/C17H31N3O/c1-3-9-19-17(14-18)8-4-5-16(17)7-11-20-10-6-15(12-20)13-21-2/h15-16,19H,3-13H2,1-2H3. The minimum Gasteiger partial charge on any atom is -0.384 e. The lowest BCUT2D eigenvalue weighted by molar-refractivity contribution is 0.151. The molecule has 1 aliphatic heterocycles. The predicted molar refractivity (Wildman–Crippen MR) is 85.0 cm³/mol. The van der Waals surface area contributed by atoms with E-state index >= 15 is 0 Å². The summed E-state index contributed by atoms with van der Waals surface area (Å²) < 4.78 is 5.27. The molecule has 0 radical (unpaired) electrons. The van der Waals surface area contributed by atoms with Crippen molar-refractivity contribution in [3.05, 3.63) is 0 Å². The van der Waals surface area contributed by atoms with E-state index in [0.717, 1.165) is 39.0 Å². The van der Waals surface area contributed by atoms with Gasteiger partial charge in [-0.1, -0.05) is 13.3 Å². The van der Waals surface area contributed by atoms with E-state index in [-0.39, 0.29) is 5.54 Å². The van der Waals surface area contributed by atoms with Gasteiger partial charge in [0.25, 0.3) is 0 Å². The maximum absolute atomic E-state index is 9.67. The number of hydrogen-bond acceptors (Lipinski definition) is 4. The molecule has 1 aliphatic carbocycles. The molecule has 0 spiro atoms. The van der Waals surface area contributed by atoms with Crippen molar-refractivity contribution in [3.63, 3.8) is 0 Å². The van der Waals surface area contributed by atoms with E-state index in [1.165, 1.54) is 32.4 Å². The lowest BCUT2D eigenvalue weighted by Crippen LogP contribution is -2.48. The molecule has 4 nitrogen and oxygen atoms in total. The third kappa shape index (κ3) is 4.18. The lowest BCUT2D eigenvalue weighted by atomic mass is 9.85. The van der Waals surface area contributed by atoms with Crippen molar-refractivity contribution in [2.75, 3.05) is 39.9 Å². The van der Waals surface area contributed by atoms with E-state index in [1.54, 1.807) is 7.11 Å². The van der Waals surface area contributed by atoms with E-state index in [9.17, 15) is 5.26 Å². The van der Waals surface area contributed by atoms with Gasteiger partial charge in [-0.2, -0.15) is 5.26 Å². The van der Waals surface area contributed by atoms with Crippen molar-refractivity contribution in [2.24, 2.45) is 11.8 Å². The van der Waals surface area contributed by atoms with E-state index in [4.69, 9.17) is 4.74 Å². The van der Waals surface area contributed by atoms with Crippen LogP contribution < -0.4 is 5.32 Å². The molecule has 1 saturated heterocycles. The van der Waals surface area contributed by atoms with Crippen LogP contribution in [0.4, 0.5) is 0 Å². The number of hydrogen-bond donors (Lipinski definition) is 1. The highest BCUT2D eigenvalue weighted by Gasteiger charge is 2.42. The van der Waals surface area contributed by atoms with E-state index in [0.29, 0.717) is 11.8 Å². The molecule has 2 fully saturated rings. The number of nitriles is 1. The molecule has 0 bridgehead atoms. The van der Waals surface area contributed by atoms with E-state index < -0.39 is 0 Å². The normalized spacial score (nSPS) is 33.4. The van der Waals surface area contributed by atoms with E-state index in [1.807, 2.05) is 0 Å². The van der Waals surface area contributed by atoms with Gasteiger partial charge in [0.1, 0.15) is 5.54 Å². The first-order valence-electron chi connectivity index (χ1n) is 8.61. The van der Waals surface area contributed by atoms with Gasteiger partial charge in [-0.25, -0.2) is 0 Å². The maximum Gasteiger partial charge on any atom is 0.109 e. The van der Waals surface area contributed by atoms with Crippen LogP contribution in [0.25, 0.3) is 0 Å². The SMILES string of the molecule is CCCNC1(C#N)CCCC1CCN1CCC(COC)C1. The quantitative estimate of drug-likeness (QED) is 0.746. The van der Waals surface area contributed by atoms with Crippen LogP contribution >= 0.6 is 0 Å². The summed E-state index contributed by atoms with van der Waals surface area (Å²) in [5, 5.41) is 13.2. The zero-order chi connectivity index (χ0) is 15.1. The summed E-state index contributed by atoms with van der Waals surface area (Å²) in [6.45, 7) is 7.53. The number of nitrogens with one attached hydrogen (secondary N) is 1. The summed E-state index contributed by atoms with van der Waals surface area (Å²) in [5.74, 6) is 1.23. The monoisotopic (exact) mass is 293 g/mol. The number of nitrogens with zero attached hydrogens (tertiary/aromatic N) is 2. The predicted octanol–water partition coefficient (Wildman–Crippen LogP) is 2.41. The first kappa shape index (κ1) is 16.7. The van der Waals surface area contributed by atoms with Gasteiger partial charge in [0.15, 0.2) is 0 Å². The Kier molecular flexibility index (Phi) is 6.47. The minimum atomic E-state index is -0.248. The summed E-state index contributed by atoms with van der Waals surface area (Å²) in [6.07, 6.45) is 6.95. The zero-order valence-electron chi connectivity index (χ0n) is 13.7. The van der Waals surface area contributed by atoms with Crippen molar-refractivity contribution < 1.29 is 4.74 Å². The van der Waals surface area contributed by atoms with Gasteiger partial charge in [-0.3, -0.25) is 5.32 Å². The first-order valence-corrected chi connectivity index (χ1v) is 8.61. The Balaban J connectivity index is 1.80. The zero-order valence-corrected chi connectivity index (χ0v) is 13.7. The molecule has 1 heterocycles. The summed E-state index contributed by atoms with van der Waals surface area (Å²) >= 11 is 0. The molecular weight excluding hydrogens is 262 g/mol. The Labute approximate surface area is 129 Å². The molecule has 21 heavy (non-hydrogen) atoms. The topological polar surface area (TPSA) is 48.3 Å². The van der Waals surface area contributed by atoms with Crippen molar-refractivity contribution in [1.82, 2.24) is 10.2 Å². The van der Waals surface area contributed by atoms with Crippen molar-refractivity contribution in [3.8, 4) is 6.07 Å². The highest BCUT2D eigenvalue weighted by atomic mass is 16.5. The second-order valence-corrected chi connectivity index (χ2v) is 6.80. The number of likely N-dealkylation sites (tertiary alicyclic amines) is 1. The Morgan fingerprint density at radius 1 is 1.43 bits per heavy atom. The van der Waals surface area contributed by atoms with Crippen LogP contribution in [0.3, 0.4) is 0 Å². The fraction of sp³-hybridized carbons (Fsp3) is 0.941. The molecule has 0 aromatic carbocycles. The molecule has 4 heteroatoms. The second kappa shape index (κ2) is 8.12. The molecule has 3 atom stereocenters. The van der Waals surface area contributed by atoms with Gasteiger partial charge < -0.3 is 9.64 Å². The van der Waals surface area contributed by atoms with Crippen LogP contribution in [-0.2, 0) is 4.74 Å². The molecule has 120 valence electrons. The van der Waals surface area contributed by atoms with Gasteiger partial charge in [-0.15, -0.1) is 0 Å². The van der Waals surface area contributed by atoms with Crippen LogP contribution in [0.2, 0.25) is 0 Å². The first-order chi connectivity index (χ1) is 10.2. The maximum atomic E-state index is 9.67. The van der Waals surface area contributed by atoms with Gasteiger partial charge in [0.05, 0.1) is 12.7 Å². The molecule has 3 unspecified atom stereocenters. The summed E-state index contributed by atoms with van der Waals surface area (Å²) in [6, 6.07) is 2.62. The fourth-order valence-corrected chi connectivity index (χ4v) is 4.06. The van der Waals surface area contributed by atoms with E-state index in [2.05, 4.69) is 23.2 Å².